The van der Waals surface area contributed by atoms with Gasteiger partial charge in [-0.05, 0) is 44.6 Å². The van der Waals surface area contributed by atoms with E-state index >= 15 is 0 Å². The molecular formula is C25H29FN6O2. The number of fused-ring (bicyclic) bond motifs is 1. The predicted octanol–water partition coefficient (Wildman–Crippen LogP) is 2.62. The van der Waals surface area contributed by atoms with Gasteiger partial charge >= 0.3 is 0 Å². The number of nitrogen functional groups attached to an aromatic ring is 1. The second-order valence-electron chi connectivity index (χ2n) is 9.55. The molecule has 1 saturated heterocycles. The second-order valence-corrected chi connectivity index (χ2v) is 9.55. The van der Waals surface area contributed by atoms with Gasteiger partial charge in [0.1, 0.15) is 17.0 Å². The third-order valence-corrected chi connectivity index (χ3v) is 6.87. The van der Waals surface area contributed by atoms with E-state index in [4.69, 9.17) is 10.5 Å². The van der Waals surface area contributed by atoms with Gasteiger partial charge in [0.15, 0.2) is 5.82 Å². The normalized spacial score (nSPS) is 19.3. The molecule has 2 unspecified atom stereocenters. The van der Waals surface area contributed by atoms with Crippen molar-refractivity contribution in [1.29, 1.82) is 0 Å². The quantitative estimate of drug-likeness (QED) is 0.541. The van der Waals surface area contributed by atoms with Gasteiger partial charge in [0.25, 0.3) is 0 Å². The third-order valence-electron chi connectivity index (χ3n) is 6.87. The van der Waals surface area contributed by atoms with E-state index in [0.29, 0.717) is 23.9 Å². The molecular weight excluding hydrogens is 435 g/mol. The van der Waals surface area contributed by atoms with Gasteiger partial charge in [0.05, 0.1) is 30.6 Å². The molecule has 8 nitrogen and oxygen atoms in total. The van der Waals surface area contributed by atoms with Crippen molar-refractivity contribution in [1.82, 2.24) is 24.4 Å². The number of nitrogens with two attached hydrogens (primary N) is 1. The van der Waals surface area contributed by atoms with Crippen molar-refractivity contribution in [2.24, 2.45) is 5.92 Å². The molecule has 3 aromatic rings. The van der Waals surface area contributed by atoms with Crippen LogP contribution in [0.5, 0.6) is 0 Å². The number of hydrogen-bond donors (Lipinski definition) is 2. The molecule has 178 valence electrons. The lowest BCUT2D eigenvalue weighted by Crippen LogP contribution is -2.52. The largest absolute Gasteiger partial charge is 0.383 e. The lowest BCUT2D eigenvalue weighted by molar-refractivity contribution is 0.0265. The van der Waals surface area contributed by atoms with Crippen LogP contribution >= 0.6 is 0 Å². The van der Waals surface area contributed by atoms with Crippen LogP contribution in [0.15, 0.2) is 24.7 Å². The lowest BCUT2D eigenvalue weighted by Gasteiger charge is -2.43. The van der Waals surface area contributed by atoms with Crippen LogP contribution in [0.2, 0.25) is 0 Å². The highest BCUT2D eigenvalue weighted by molar-refractivity contribution is 5.95. The monoisotopic (exact) mass is 464 g/mol. The summed E-state index contributed by atoms with van der Waals surface area (Å²) in [5.74, 6) is 5.65. The fourth-order valence-corrected chi connectivity index (χ4v) is 4.59. The molecule has 3 N–H and O–H groups in total. The average Bonchev–Trinajstić information content (AvgIpc) is 3.57. The number of methoxy groups -OCH3 is 1. The number of anilines is 1. The van der Waals surface area contributed by atoms with Crippen LogP contribution in [-0.4, -0.2) is 68.0 Å². The fraction of sp³-hybridized carbons (Fsp3) is 0.480. The summed E-state index contributed by atoms with van der Waals surface area (Å²) < 4.78 is 22.2. The number of nitrogens with zero attached hydrogens (tertiary/aromatic N) is 5. The van der Waals surface area contributed by atoms with Gasteiger partial charge in [-0.15, -0.1) is 0 Å². The minimum absolute atomic E-state index is 0.00932. The number of aliphatic hydroxyl groups is 1. The maximum atomic E-state index is 14.8. The lowest BCUT2D eigenvalue weighted by atomic mass is 10.0. The van der Waals surface area contributed by atoms with Gasteiger partial charge in [0.2, 0.25) is 5.95 Å². The summed E-state index contributed by atoms with van der Waals surface area (Å²) in [4.78, 5) is 14.8. The molecule has 2 aliphatic rings. The Kier molecular flexibility index (Phi) is 5.76. The molecule has 0 spiro atoms. The number of rotatable bonds is 6. The van der Waals surface area contributed by atoms with Crippen molar-refractivity contribution >= 4 is 16.9 Å². The topological polar surface area (TPSA) is 102 Å². The van der Waals surface area contributed by atoms with Gasteiger partial charge in [-0.2, -0.15) is 0 Å². The van der Waals surface area contributed by atoms with Crippen molar-refractivity contribution in [2.45, 2.75) is 44.4 Å². The first-order valence-electron chi connectivity index (χ1n) is 11.5. The number of pyridine rings is 1. The zero-order chi connectivity index (χ0) is 24.0. The van der Waals surface area contributed by atoms with E-state index in [2.05, 4.69) is 43.2 Å². The number of halogens is 1. The summed E-state index contributed by atoms with van der Waals surface area (Å²) in [7, 11) is 1.71. The van der Waals surface area contributed by atoms with Crippen LogP contribution in [0, 0.1) is 23.6 Å². The van der Waals surface area contributed by atoms with E-state index in [1.165, 1.54) is 0 Å². The number of ether oxygens (including phenoxy) is 1. The van der Waals surface area contributed by atoms with Crippen LogP contribution in [0.25, 0.3) is 22.2 Å². The van der Waals surface area contributed by atoms with Crippen molar-refractivity contribution in [3.8, 4) is 23.1 Å². The smallest absolute Gasteiger partial charge is 0.220 e. The van der Waals surface area contributed by atoms with Crippen LogP contribution < -0.4 is 5.73 Å². The third kappa shape index (κ3) is 4.25. The SMILES string of the molecule is COCC(C)N1CC(n2cc(-c3nc(N)ncc3F)c3cc(C#CC(C)(O)C4CC4)ncc32)C1. The van der Waals surface area contributed by atoms with Gasteiger partial charge in [-0.3, -0.25) is 4.90 Å². The zero-order valence-electron chi connectivity index (χ0n) is 19.6. The van der Waals surface area contributed by atoms with E-state index in [1.54, 1.807) is 20.2 Å². The fourth-order valence-electron chi connectivity index (χ4n) is 4.59. The molecule has 0 bridgehead atoms. The average molecular weight is 465 g/mol. The van der Waals surface area contributed by atoms with Crippen molar-refractivity contribution in [2.75, 3.05) is 32.5 Å². The highest BCUT2D eigenvalue weighted by Gasteiger charge is 2.38. The number of likely N-dealkylation sites (tertiary alicyclic amines) is 1. The maximum Gasteiger partial charge on any atom is 0.220 e. The van der Waals surface area contributed by atoms with E-state index in [1.807, 2.05) is 12.3 Å². The van der Waals surface area contributed by atoms with Gasteiger partial charge < -0.3 is 20.1 Å². The first-order chi connectivity index (χ1) is 16.3. The molecule has 0 amide bonds. The molecule has 3 aromatic heterocycles. The van der Waals surface area contributed by atoms with Crippen molar-refractivity contribution in [3.63, 3.8) is 0 Å². The first kappa shape index (κ1) is 22.7. The summed E-state index contributed by atoms with van der Waals surface area (Å²) in [6.07, 6.45) is 6.73. The molecule has 1 saturated carbocycles. The number of aromatic nitrogens is 4. The van der Waals surface area contributed by atoms with Gasteiger partial charge in [-0.1, -0.05) is 5.92 Å². The highest BCUT2D eigenvalue weighted by Crippen LogP contribution is 2.39. The van der Waals surface area contributed by atoms with E-state index in [-0.39, 0.29) is 23.6 Å². The van der Waals surface area contributed by atoms with Gasteiger partial charge in [-0.25, -0.2) is 19.3 Å². The van der Waals surface area contributed by atoms with E-state index < -0.39 is 11.4 Å². The van der Waals surface area contributed by atoms with Crippen molar-refractivity contribution < 1.29 is 14.2 Å². The Morgan fingerprint density at radius 3 is 2.79 bits per heavy atom. The predicted molar refractivity (Wildman–Crippen MR) is 127 cm³/mol. The standard InChI is InChI=1S/C25H29FN6O2/c1-15(14-34-3)31-11-18(12-31)32-13-20(23-21(26)9-29-24(27)30-23)19-8-17(28-10-22(19)32)6-7-25(2,33)16-4-5-16/h8-10,13,15-16,18,33H,4-5,11-12,14H2,1-3H3,(H2,27,29,30). The summed E-state index contributed by atoms with van der Waals surface area (Å²) in [5.41, 5.74) is 6.89. The first-order valence-corrected chi connectivity index (χ1v) is 11.5. The van der Waals surface area contributed by atoms with Crippen LogP contribution in [0.3, 0.4) is 0 Å². The van der Waals surface area contributed by atoms with Crippen LogP contribution in [0.1, 0.15) is 38.4 Å². The second kappa shape index (κ2) is 8.62. The number of hydrogen-bond acceptors (Lipinski definition) is 7. The summed E-state index contributed by atoms with van der Waals surface area (Å²) >= 11 is 0. The zero-order valence-corrected chi connectivity index (χ0v) is 19.6. The molecule has 34 heavy (non-hydrogen) atoms. The minimum atomic E-state index is -1.03. The summed E-state index contributed by atoms with van der Waals surface area (Å²) in [6.45, 7) is 6.26. The molecule has 2 fully saturated rings. The Balaban J connectivity index is 1.55. The Morgan fingerprint density at radius 2 is 2.09 bits per heavy atom. The van der Waals surface area contributed by atoms with Crippen LogP contribution in [0.4, 0.5) is 10.3 Å². The molecule has 1 aliphatic heterocycles. The molecule has 0 radical (unpaired) electrons. The Hall–Kier alpha value is -3.06. The molecule has 5 rings (SSSR count). The van der Waals surface area contributed by atoms with Crippen LogP contribution in [-0.2, 0) is 4.74 Å². The Bertz CT molecular complexity index is 1280. The highest BCUT2D eigenvalue weighted by atomic mass is 19.1. The maximum absolute atomic E-state index is 14.8. The van der Waals surface area contributed by atoms with E-state index in [0.717, 1.165) is 43.0 Å². The summed E-state index contributed by atoms with van der Waals surface area (Å²) in [5, 5.41) is 11.3. The van der Waals surface area contributed by atoms with Crippen molar-refractivity contribution in [3.05, 3.63) is 36.2 Å². The van der Waals surface area contributed by atoms with Gasteiger partial charge in [0, 0.05) is 43.4 Å². The minimum Gasteiger partial charge on any atom is -0.383 e. The molecule has 1 aliphatic carbocycles. The van der Waals surface area contributed by atoms with E-state index in [9.17, 15) is 9.50 Å². The Labute approximate surface area is 198 Å². The summed E-state index contributed by atoms with van der Waals surface area (Å²) in [6, 6.07) is 2.37. The Morgan fingerprint density at radius 1 is 1.32 bits per heavy atom. The molecule has 9 heteroatoms. The molecule has 4 heterocycles. The molecule has 0 aromatic carbocycles. The molecule has 2 atom stereocenters.